The zero-order valence-corrected chi connectivity index (χ0v) is 7.66. The number of nitrogens with two attached hydrogens (primary N) is 1. The van der Waals surface area contributed by atoms with Crippen LogP contribution < -0.4 is 5.73 Å². The lowest BCUT2D eigenvalue weighted by Crippen LogP contribution is -2.18. The van der Waals surface area contributed by atoms with Crippen LogP contribution in [0.3, 0.4) is 0 Å². The third-order valence-corrected chi connectivity index (χ3v) is 2.39. The molecular weight excluding hydrogens is 168 g/mol. The van der Waals surface area contributed by atoms with Gasteiger partial charge in [-0.05, 0) is 19.9 Å². The Labute approximate surface area is 76.7 Å². The highest BCUT2D eigenvalue weighted by Gasteiger charge is 2.31. The second-order valence-corrected chi connectivity index (χ2v) is 3.35. The molecule has 3 N–H and O–H groups in total. The lowest BCUT2D eigenvalue weighted by atomic mass is 10.0. The summed E-state index contributed by atoms with van der Waals surface area (Å²) in [5.41, 5.74) is 5.62. The van der Waals surface area contributed by atoms with Gasteiger partial charge >= 0.3 is 0 Å². The Kier molecular flexibility index (Phi) is 2.28. The number of rotatable bonds is 2. The molecular formula is C8H14N4O. The van der Waals surface area contributed by atoms with E-state index in [0.717, 1.165) is 24.7 Å². The molecule has 2 atom stereocenters. The number of ether oxygens (including phenoxy) is 1. The number of aromatic nitrogens is 3. The Bertz CT molecular complexity index is 285. The van der Waals surface area contributed by atoms with Gasteiger partial charge in [-0.15, -0.1) is 0 Å². The Hall–Kier alpha value is -0.940. The summed E-state index contributed by atoms with van der Waals surface area (Å²) in [4.78, 5) is 4.24. The van der Waals surface area contributed by atoms with Gasteiger partial charge in [0.15, 0.2) is 5.82 Å². The maximum atomic E-state index is 5.62. The molecule has 1 aliphatic heterocycles. The van der Waals surface area contributed by atoms with Crippen molar-refractivity contribution in [3.05, 3.63) is 11.6 Å². The molecule has 2 rings (SSSR count). The van der Waals surface area contributed by atoms with E-state index in [2.05, 4.69) is 15.2 Å². The fourth-order valence-electron chi connectivity index (χ4n) is 1.65. The quantitative estimate of drug-likeness (QED) is 0.682. The van der Waals surface area contributed by atoms with Gasteiger partial charge in [-0.2, -0.15) is 5.10 Å². The normalized spacial score (nSPS) is 28.2. The SMILES string of the molecule is Cc1nc(C2OCCC2CN)n[nH]1. The molecule has 72 valence electrons. The molecule has 5 heteroatoms. The second-order valence-electron chi connectivity index (χ2n) is 3.35. The summed E-state index contributed by atoms with van der Waals surface area (Å²) in [6, 6.07) is 0. The zero-order valence-electron chi connectivity index (χ0n) is 7.66. The summed E-state index contributed by atoms with van der Waals surface area (Å²) in [7, 11) is 0. The van der Waals surface area contributed by atoms with Crippen molar-refractivity contribution in [1.29, 1.82) is 0 Å². The highest BCUT2D eigenvalue weighted by Crippen LogP contribution is 2.31. The molecule has 1 saturated heterocycles. The van der Waals surface area contributed by atoms with Gasteiger partial charge in [-0.3, -0.25) is 5.10 Å². The third kappa shape index (κ3) is 1.57. The van der Waals surface area contributed by atoms with Gasteiger partial charge in [-0.25, -0.2) is 4.98 Å². The molecule has 1 aliphatic rings. The predicted octanol–water partition coefficient (Wildman–Crippen LogP) is 0.149. The topological polar surface area (TPSA) is 76.8 Å². The molecule has 0 radical (unpaired) electrons. The van der Waals surface area contributed by atoms with Crippen LogP contribution in [0.15, 0.2) is 0 Å². The van der Waals surface area contributed by atoms with Crippen LogP contribution in [-0.2, 0) is 4.74 Å². The van der Waals surface area contributed by atoms with Gasteiger partial charge in [-0.1, -0.05) is 0 Å². The summed E-state index contributed by atoms with van der Waals surface area (Å²) in [6.07, 6.45) is 1.00. The number of aromatic amines is 1. The smallest absolute Gasteiger partial charge is 0.179 e. The van der Waals surface area contributed by atoms with Gasteiger partial charge in [0.1, 0.15) is 11.9 Å². The van der Waals surface area contributed by atoms with Crippen molar-refractivity contribution in [1.82, 2.24) is 15.2 Å². The van der Waals surface area contributed by atoms with Crippen molar-refractivity contribution in [2.45, 2.75) is 19.4 Å². The third-order valence-electron chi connectivity index (χ3n) is 2.39. The van der Waals surface area contributed by atoms with Crippen LogP contribution in [-0.4, -0.2) is 28.3 Å². The predicted molar refractivity (Wildman–Crippen MR) is 47.0 cm³/mol. The summed E-state index contributed by atoms with van der Waals surface area (Å²) in [6.45, 7) is 3.28. The van der Waals surface area contributed by atoms with Crippen LogP contribution in [0.25, 0.3) is 0 Å². The van der Waals surface area contributed by atoms with Gasteiger partial charge in [0, 0.05) is 12.5 Å². The summed E-state index contributed by atoms with van der Waals surface area (Å²) >= 11 is 0. The molecule has 13 heavy (non-hydrogen) atoms. The van der Waals surface area contributed by atoms with Crippen LogP contribution in [0, 0.1) is 12.8 Å². The molecule has 1 aromatic rings. The van der Waals surface area contributed by atoms with E-state index in [9.17, 15) is 0 Å². The van der Waals surface area contributed by atoms with Gasteiger partial charge in [0.25, 0.3) is 0 Å². The highest BCUT2D eigenvalue weighted by atomic mass is 16.5. The molecule has 1 fully saturated rings. The first-order chi connectivity index (χ1) is 6.31. The molecule has 2 heterocycles. The number of nitrogens with one attached hydrogen (secondary N) is 1. The fourth-order valence-corrected chi connectivity index (χ4v) is 1.65. The summed E-state index contributed by atoms with van der Waals surface area (Å²) in [5.74, 6) is 1.93. The van der Waals surface area contributed by atoms with Crippen LogP contribution in [0.4, 0.5) is 0 Å². The molecule has 5 nitrogen and oxygen atoms in total. The number of H-pyrrole nitrogens is 1. The van der Waals surface area contributed by atoms with Gasteiger partial charge in [0.05, 0.1) is 0 Å². The van der Waals surface area contributed by atoms with E-state index in [1.54, 1.807) is 0 Å². The average Bonchev–Trinajstić information content (AvgIpc) is 2.71. The minimum atomic E-state index is -0.00468. The van der Waals surface area contributed by atoms with Crippen molar-refractivity contribution in [3.8, 4) is 0 Å². The Morgan fingerprint density at radius 1 is 1.69 bits per heavy atom. The van der Waals surface area contributed by atoms with Crippen molar-refractivity contribution in [3.63, 3.8) is 0 Å². The highest BCUT2D eigenvalue weighted by molar-refractivity contribution is 4.97. The maximum absolute atomic E-state index is 5.62. The van der Waals surface area contributed by atoms with E-state index in [-0.39, 0.29) is 6.10 Å². The maximum Gasteiger partial charge on any atom is 0.179 e. The molecule has 0 aromatic carbocycles. The largest absolute Gasteiger partial charge is 0.370 e. The van der Waals surface area contributed by atoms with E-state index in [1.165, 1.54) is 0 Å². The fraction of sp³-hybridized carbons (Fsp3) is 0.750. The molecule has 1 aromatic heterocycles. The van der Waals surface area contributed by atoms with E-state index in [1.807, 2.05) is 6.92 Å². The Morgan fingerprint density at radius 2 is 2.54 bits per heavy atom. The molecule has 0 bridgehead atoms. The second kappa shape index (κ2) is 3.43. The first-order valence-electron chi connectivity index (χ1n) is 4.52. The van der Waals surface area contributed by atoms with Crippen molar-refractivity contribution in [2.24, 2.45) is 11.7 Å². The van der Waals surface area contributed by atoms with Crippen molar-refractivity contribution >= 4 is 0 Å². The Morgan fingerprint density at radius 3 is 3.15 bits per heavy atom. The standard InChI is InChI=1S/C8H14N4O/c1-5-10-8(12-11-5)7-6(4-9)2-3-13-7/h6-7H,2-4,9H2,1H3,(H,10,11,12). The van der Waals surface area contributed by atoms with Crippen LogP contribution >= 0.6 is 0 Å². The molecule has 0 spiro atoms. The monoisotopic (exact) mass is 182 g/mol. The number of nitrogens with zero attached hydrogens (tertiary/aromatic N) is 2. The van der Waals surface area contributed by atoms with Crippen LogP contribution in [0.2, 0.25) is 0 Å². The zero-order chi connectivity index (χ0) is 9.26. The van der Waals surface area contributed by atoms with Gasteiger partial charge < -0.3 is 10.5 Å². The first-order valence-corrected chi connectivity index (χ1v) is 4.52. The number of hydrogen-bond donors (Lipinski definition) is 2. The lowest BCUT2D eigenvalue weighted by molar-refractivity contribution is 0.0855. The average molecular weight is 182 g/mol. The summed E-state index contributed by atoms with van der Waals surface area (Å²) < 4.78 is 5.53. The molecule has 0 saturated carbocycles. The number of hydrogen-bond acceptors (Lipinski definition) is 4. The number of aryl methyl sites for hydroxylation is 1. The van der Waals surface area contributed by atoms with Crippen molar-refractivity contribution in [2.75, 3.05) is 13.2 Å². The molecule has 0 aliphatic carbocycles. The van der Waals surface area contributed by atoms with Crippen molar-refractivity contribution < 1.29 is 4.74 Å². The van der Waals surface area contributed by atoms with Gasteiger partial charge in [0.2, 0.25) is 0 Å². The lowest BCUT2D eigenvalue weighted by Gasteiger charge is -2.12. The minimum absolute atomic E-state index is 0.00468. The van der Waals surface area contributed by atoms with E-state index in [4.69, 9.17) is 10.5 Å². The van der Waals surface area contributed by atoms with E-state index in [0.29, 0.717) is 12.5 Å². The van der Waals surface area contributed by atoms with E-state index < -0.39 is 0 Å². The first kappa shape index (κ1) is 8.65. The molecule has 0 amide bonds. The minimum Gasteiger partial charge on any atom is -0.370 e. The van der Waals surface area contributed by atoms with Crippen LogP contribution in [0.1, 0.15) is 24.2 Å². The Balaban J connectivity index is 2.15. The van der Waals surface area contributed by atoms with E-state index >= 15 is 0 Å². The molecule has 2 unspecified atom stereocenters. The van der Waals surface area contributed by atoms with Crippen LogP contribution in [0.5, 0.6) is 0 Å². The summed E-state index contributed by atoms with van der Waals surface area (Å²) in [5, 5.41) is 6.89.